The van der Waals surface area contributed by atoms with Crippen molar-refractivity contribution in [2.24, 2.45) is 0 Å². The summed E-state index contributed by atoms with van der Waals surface area (Å²) in [5.74, 6) is -0.118. The molecule has 28 heavy (non-hydrogen) atoms. The fraction of sp³-hybridized carbons (Fsp3) is 0.409. The third-order valence-electron chi connectivity index (χ3n) is 4.97. The van der Waals surface area contributed by atoms with Crippen molar-refractivity contribution in [3.05, 3.63) is 71.8 Å². The Morgan fingerprint density at radius 3 is 2.46 bits per heavy atom. The second-order valence-electron chi connectivity index (χ2n) is 7.13. The molecule has 2 aromatic rings. The van der Waals surface area contributed by atoms with Gasteiger partial charge in [0.2, 0.25) is 5.91 Å². The van der Waals surface area contributed by atoms with Crippen molar-refractivity contribution >= 4 is 5.91 Å². The Morgan fingerprint density at radius 1 is 1.04 bits per heavy atom. The first-order chi connectivity index (χ1) is 13.7. The van der Waals surface area contributed by atoms with Crippen LogP contribution in [0.4, 0.5) is 0 Å². The molecule has 0 spiro atoms. The summed E-state index contributed by atoms with van der Waals surface area (Å²) in [6, 6.07) is 19.4. The van der Waals surface area contributed by atoms with Crippen molar-refractivity contribution in [1.29, 1.82) is 0 Å². The quantitative estimate of drug-likeness (QED) is 0.860. The highest BCUT2D eigenvalue weighted by Crippen LogP contribution is 2.34. The third-order valence-corrected chi connectivity index (χ3v) is 4.97. The predicted octanol–water partition coefficient (Wildman–Crippen LogP) is 2.94. The van der Waals surface area contributed by atoms with Gasteiger partial charge in [-0.1, -0.05) is 60.7 Å². The molecule has 1 N–H and O–H groups in total. The van der Waals surface area contributed by atoms with Gasteiger partial charge < -0.3 is 24.3 Å². The van der Waals surface area contributed by atoms with Gasteiger partial charge in [0, 0.05) is 18.9 Å². The van der Waals surface area contributed by atoms with Gasteiger partial charge >= 0.3 is 0 Å². The fourth-order valence-electron chi connectivity index (χ4n) is 3.62. The molecule has 1 amide bonds. The van der Waals surface area contributed by atoms with E-state index in [4.69, 9.17) is 18.9 Å². The van der Waals surface area contributed by atoms with Crippen LogP contribution in [0.3, 0.4) is 0 Å². The van der Waals surface area contributed by atoms with Crippen LogP contribution in [0, 0.1) is 0 Å². The van der Waals surface area contributed by atoms with Gasteiger partial charge in [-0.3, -0.25) is 4.79 Å². The Labute approximate surface area is 164 Å². The zero-order valence-electron chi connectivity index (χ0n) is 15.8. The van der Waals surface area contributed by atoms with Gasteiger partial charge in [0.15, 0.2) is 12.6 Å². The van der Waals surface area contributed by atoms with Gasteiger partial charge in [-0.15, -0.1) is 0 Å². The standard InChI is InChI=1S/C22H25NO5/c1-15(24)23-18-12-19-20(14-26-21(27-19)17-10-6-3-7-11-17)28-22(18)25-13-16-8-4-2-5-9-16/h2-11,18-22H,12-14H2,1H3,(H,23,24)/t18-,19+,20-,21-,22+/m1/s1. The number of amides is 1. The summed E-state index contributed by atoms with van der Waals surface area (Å²) < 4.78 is 24.1. The summed E-state index contributed by atoms with van der Waals surface area (Å²) in [5.41, 5.74) is 2.02. The first kappa shape index (κ1) is 19.1. The first-order valence-electron chi connectivity index (χ1n) is 9.59. The zero-order valence-corrected chi connectivity index (χ0v) is 15.8. The summed E-state index contributed by atoms with van der Waals surface area (Å²) in [5, 5.41) is 2.95. The summed E-state index contributed by atoms with van der Waals surface area (Å²) >= 11 is 0. The van der Waals surface area contributed by atoms with Crippen molar-refractivity contribution in [1.82, 2.24) is 5.32 Å². The predicted molar refractivity (Wildman–Crippen MR) is 102 cm³/mol. The maximum atomic E-state index is 11.7. The van der Waals surface area contributed by atoms with Crippen molar-refractivity contribution < 1.29 is 23.7 Å². The lowest BCUT2D eigenvalue weighted by atomic mass is 9.99. The van der Waals surface area contributed by atoms with E-state index in [0.29, 0.717) is 19.6 Å². The number of carbonyl (C=O) groups is 1. The molecule has 2 fully saturated rings. The highest BCUT2D eigenvalue weighted by Gasteiger charge is 2.43. The van der Waals surface area contributed by atoms with Crippen LogP contribution in [0.2, 0.25) is 0 Å². The smallest absolute Gasteiger partial charge is 0.217 e. The number of hydrogen-bond acceptors (Lipinski definition) is 5. The van der Waals surface area contributed by atoms with Crippen molar-refractivity contribution in [3.63, 3.8) is 0 Å². The average Bonchev–Trinajstić information content (AvgIpc) is 2.73. The number of fused-ring (bicyclic) bond motifs is 1. The lowest BCUT2D eigenvalue weighted by Crippen LogP contribution is -2.58. The second-order valence-corrected chi connectivity index (χ2v) is 7.13. The number of carbonyl (C=O) groups excluding carboxylic acids is 1. The van der Waals surface area contributed by atoms with Gasteiger partial charge in [0.1, 0.15) is 6.10 Å². The molecule has 0 aromatic heterocycles. The summed E-state index contributed by atoms with van der Waals surface area (Å²) in [4.78, 5) is 11.7. The Bertz CT molecular complexity index is 769. The second kappa shape index (κ2) is 8.84. The number of hydrogen-bond donors (Lipinski definition) is 1. The molecule has 2 aromatic carbocycles. The molecule has 2 aliphatic rings. The maximum Gasteiger partial charge on any atom is 0.217 e. The highest BCUT2D eigenvalue weighted by atomic mass is 16.7. The monoisotopic (exact) mass is 383 g/mol. The first-order valence-corrected chi connectivity index (χ1v) is 9.59. The number of benzene rings is 2. The molecule has 0 aliphatic carbocycles. The van der Waals surface area contributed by atoms with E-state index in [1.165, 1.54) is 6.92 Å². The Hall–Kier alpha value is -2.25. The summed E-state index contributed by atoms with van der Waals surface area (Å²) in [6.07, 6.45) is -0.772. The van der Waals surface area contributed by atoms with Crippen molar-refractivity contribution in [2.75, 3.05) is 6.61 Å². The average molecular weight is 383 g/mol. The molecule has 2 aliphatic heterocycles. The maximum absolute atomic E-state index is 11.7. The molecule has 4 rings (SSSR count). The van der Waals surface area contributed by atoms with Crippen LogP contribution in [-0.4, -0.2) is 37.1 Å². The summed E-state index contributed by atoms with van der Waals surface area (Å²) in [6.45, 7) is 2.33. The zero-order chi connectivity index (χ0) is 19.3. The number of nitrogens with one attached hydrogen (secondary N) is 1. The molecular formula is C22H25NO5. The fourth-order valence-corrected chi connectivity index (χ4v) is 3.62. The largest absolute Gasteiger partial charge is 0.348 e. The Kier molecular flexibility index (Phi) is 6.02. The molecule has 5 atom stereocenters. The van der Waals surface area contributed by atoms with Crippen LogP contribution in [0.1, 0.15) is 30.8 Å². The summed E-state index contributed by atoms with van der Waals surface area (Å²) in [7, 11) is 0. The Morgan fingerprint density at radius 2 is 1.75 bits per heavy atom. The topological polar surface area (TPSA) is 66.0 Å². The van der Waals surface area contributed by atoms with Gasteiger partial charge in [-0.2, -0.15) is 0 Å². The minimum absolute atomic E-state index is 0.118. The molecule has 0 saturated carbocycles. The molecule has 2 heterocycles. The van der Waals surface area contributed by atoms with Gasteiger partial charge in [0.05, 0.1) is 25.4 Å². The highest BCUT2D eigenvalue weighted by molar-refractivity contribution is 5.73. The molecule has 6 heteroatoms. The van der Waals surface area contributed by atoms with Gasteiger partial charge in [-0.05, 0) is 5.56 Å². The van der Waals surface area contributed by atoms with E-state index in [1.807, 2.05) is 60.7 Å². The van der Waals surface area contributed by atoms with Crippen molar-refractivity contribution in [2.45, 2.75) is 50.8 Å². The molecule has 0 radical (unpaired) electrons. The molecule has 2 saturated heterocycles. The van der Waals surface area contributed by atoms with E-state index >= 15 is 0 Å². The Balaban J connectivity index is 1.42. The molecule has 6 nitrogen and oxygen atoms in total. The van der Waals surface area contributed by atoms with Gasteiger partial charge in [0.25, 0.3) is 0 Å². The minimum atomic E-state index is -0.550. The third kappa shape index (κ3) is 4.59. The lowest BCUT2D eigenvalue weighted by molar-refractivity contribution is -0.323. The molecule has 0 unspecified atom stereocenters. The minimum Gasteiger partial charge on any atom is -0.348 e. The lowest BCUT2D eigenvalue weighted by Gasteiger charge is -2.45. The van der Waals surface area contributed by atoms with Crippen LogP contribution in [0.25, 0.3) is 0 Å². The van der Waals surface area contributed by atoms with Gasteiger partial charge in [-0.25, -0.2) is 0 Å². The van der Waals surface area contributed by atoms with E-state index in [0.717, 1.165) is 11.1 Å². The van der Waals surface area contributed by atoms with Crippen molar-refractivity contribution in [3.8, 4) is 0 Å². The van der Waals surface area contributed by atoms with Crippen LogP contribution in [0.5, 0.6) is 0 Å². The molecule has 0 bridgehead atoms. The van der Waals surface area contributed by atoms with Crippen LogP contribution in [0.15, 0.2) is 60.7 Å². The van der Waals surface area contributed by atoms with E-state index in [1.54, 1.807) is 0 Å². The van der Waals surface area contributed by atoms with E-state index < -0.39 is 12.6 Å². The van der Waals surface area contributed by atoms with E-state index in [-0.39, 0.29) is 24.2 Å². The van der Waals surface area contributed by atoms with E-state index in [2.05, 4.69) is 5.32 Å². The SMILES string of the molecule is CC(=O)N[C@@H]1C[C@@H]2O[C@H](c3ccccc3)OC[C@H]2O[C@@H]1OCc1ccccc1. The normalized spacial score (nSPS) is 29.7. The van der Waals surface area contributed by atoms with E-state index in [9.17, 15) is 4.79 Å². The molecule has 148 valence electrons. The molecular weight excluding hydrogens is 358 g/mol. The van der Waals surface area contributed by atoms with Crippen LogP contribution in [-0.2, 0) is 30.3 Å². The number of rotatable bonds is 5. The van der Waals surface area contributed by atoms with Crippen LogP contribution < -0.4 is 5.32 Å². The number of ether oxygens (including phenoxy) is 4. The van der Waals surface area contributed by atoms with Crippen LogP contribution >= 0.6 is 0 Å².